The lowest BCUT2D eigenvalue weighted by molar-refractivity contribution is -0.139. The molecule has 0 aromatic rings. The van der Waals surface area contributed by atoms with Crippen molar-refractivity contribution in [3.8, 4) is 0 Å². The maximum absolute atomic E-state index is 11.8. The third-order valence-corrected chi connectivity index (χ3v) is 5.24. The van der Waals surface area contributed by atoms with Gasteiger partial charge in [-0.15, -0.1) is 0 Å². The van der Waals surface area contributed by atoms with Crippen molar-refractivity contribution in [2.45, 2.75) is 32.6 Å². The van der Waals surface area contributed by atoms with E-state index < -0.39 is 0 Å². The highest BCUT2D eigenvalue weighted by atomic mass is 16.5. The zero-order chi connectivity index (χ0) is 12.9. The molecule has 3 aliphatic rings. The number of hydrogen-bond acceptors (Lipinski definition) is 3. The normalized spacial score (nSPS) is 40.3. The summed E-state index contributed by atoms with van der Waals surface area (Å²) in [5.41, 5.74) is 0.457. The summed E-state index contributed by atoms with van der Waals surface area (Å²) in [4.78, 5) is 23.1. The first-order valence-electron chi connectivity index (χ1n) is 6.93. The number of fused-ring (bicyclic) bond motifs is 1. The molecule has 0 saturated heterocycles. The van der Waals surface area contributed by atoms with E-state index in [1.807, 2.05) is 0 Å². The van der Waals surface area contributed by atoms with Gasteiger partial charge in [0.1, 0.15) is 5.78 Å². The molecule has 3 nitrogen and oxygen atoms in total. The second kappa shape index (κ2) is 4.22. The minimum absolute atomic E-state index is 0.293. The zero-order valence-electron chi connectivity index (χ0n) is 10.9. The Morgan fingerprint density at radius 1 is 1.39 bits per heavy atom. The van der Waals surface area contributed by atoms with Crippen molar-refractivity contribution in [1.82, 2.24) is 0 Å². The van der Waals surface area contributed by atoms with Crippen molar-refractivity contribution >= 4 is 11.8 Å². The van der Waals surface area contributed by atoms with Gasteiger partial charge in [-0.3, -0.25) is 4.79 Å². The summed E-state index contributed by atoms with van der Waals surface area (Å²) < 4.78 is 5.18. The molecule has 0 aliphatic heterocycles. The molecule has 3 heteroatoms. The van der Waals surface area contributed by atoms with Crippen LogP contribution in [-0.4, -0.2) is 18.4 Å². The average Bonchev–Trinajstić information content (AvgIpc) is 2.92. The lowest BCUT2D eigenvalue weighted by Gasteiger charge is -2.27. The molecule has 3 aliphatic carbocycles. The van der Waals surface area contributed by atoms with Crippen LogP contribution in [0.15, 0.2) is 12.2 Å². The molecule has 0 N–H and O–H groups in total. The summed E-state index contributed by atoms with van der Waals surface area (Å²) in [6, 6.07) is 0. The molecule has 5 atom stereocenters. The Balaban J connectivity index is 1.55. The molecule has 0 spiro atoms. The lowest BCUT2D eigenvalue weighted by Crippen LogP contribution is -2.23. The van der Waals surface area contributed by atoms with Gasteiger partial charge < -0.3 is 4.74 Å². The van der Waals surface area contributed by atoms with Crippen molar-refractivity contribution < 1.29 is 14.3 Å². The summed E-state index contributed by atoms with van der Waals surface area (Å²) in [5.74, 6) is 3.14. The molecule has 3 rings (SSSR count). The van der Waals surface area contributed by atoms with Crippen LogP contribution in [0.4, 0.5) is 0 Å². The SMILES string of the molecule is C=C(C)C(=O)OCCC1C2CC3C(=O)CC1C3C2. The summed E-state index contributed by atoms with van der Waals surface area (Å²) in [6.07, 6.45) is 4.04. The van der Waals surface area contributed by atoms with Crippen LogP contribution >= 0.6 is 0 Å². The zero-order valence-corrected chi connectivity index (χ0v) is 10.9. The highest BCUT2D eigenvalue weighted by molar-refractivity contribution is 5.87. The molecule has 0 amide bonds. The van der Waals surface area contributed by atoms with E-state index in [-0.39, 0.29) is 5.97 Å². The number of Topliss-reactive ketones (excluding diaryl/α,β-unsaturated/α-hetero) is 1. The second-order valence-electron chi connectivity index (χ2n) is 6.20. The van der Waals surface area contributed by atoms with Crippen LogP contribution in [0, 0.1) is 29.6 Å². The smallest absolute Gasteiger partial charge is 0.333 e. The van der Waals surface area contributed by atoms with E-state index in [4.69, 9.17) is 4.74 Å². The molecule has 0 heterocycles. The van der Waals surface area contributed by atoms with Crippen molar-refractivity contribution in [2.24, 2.45) is 29.6 Å². The first-order chi connectivity index (χ1) is 8.58. The van der Waals surface area contributed by atoms with Gasteiger partial charge in [-0.2, -0.15) is 0 Å². The van der Waals surface area contributed by atoms with Gasteiger partial charge in [-0.05, 0) is 49.9 Å². The third kappa shape index (κ3) is 1.72. The largest absolute Gasteiger partial charge is 0.462 e. The van der Waals surface area contributed by atoms with Crippen LogP contribution in [0.2, 0.25) is 0 Å². The van der Waals surface area contributed by atoms with Crippen molar-refractivity contribution in [2.75, 3.05) is 6.61 Å². The number of carbonyl (C=O) groups excluding carboxylic acids is 2. The summed E-state index contributed by atoms with van der Waals surface area (Å²) >= 11 is 0. The predicted octanol–water partition coefficient (Wildman–Crippen LogP) is 2.36. The highest BCUT2D eigenvalue weighted by Crippen LogP contribution is 2.61. The van der Waals surface area contributed by atoms with Gasteiger partial charge >= 0.3 is 5.97 Å². The van der Waals surface area contributed by atoms with Crippen molar-refractivity contribution in [1.29, 1.82) is 0 Å². The van der Waals surface area contributed by atoms with E-state index in [0.29, 0.717) is 47.6 Å². The first kappa shape index (κ1) is 11.9. The fourth-order valence-electron chi connectivity index (χ4n) is 4.52. The van der Waals surface area contributed by atoms with Gasteiger partial charge in [0.15, 0.2) is 0 Å². The minimum atomic E-state index is -0.293. The van der Waals surface area contributed by atoms with Crippen molar-refractivity contribution in [3.05, 3.63) is 12.2 Å². The molecule has 98 valence electrons. The number of ketones is 1. The van der Waals surface area contributed by atoms with E-state index in [1.165, 1.54) is 6.42 Å². The molecule has 0 aromatic carbocycles. The Bertz CT molecular complexity index is 412. The van der Waals surface area contributed by atoms with E-state index in [9.17, 15) is 9.59 Å². The minimum Gasteiger partial charge on any atom is -0.462 e. The Morgan fingerprint density at radius 2 is 2.17 bits per heavy atom. The topological polar surface area (TPSA) is 43.4 Å². The van der Waals surface area contributed by atoms with Crippen LogP contribution in [0.5, 0.6) is 0 Å². The number of rotatable bonds is 4. The van der Waals surface area contributed by atoms with E-state index in [0.717, 1.165) is 19.3 Å². The Labute approximate surface area is 108 Å². The quantitative estimate of drug-likeness (QED) is 0.566. The van der Waals surface area contributed by atoms with Gasteiger partial charge in [-0.25, -0.2) is 4.79 Å². The molecule has 0 aromatic heterocycles. The molecule has 2 bridgehead atoms. The maximum atomic E-state index is 11.8. The van der Waals surface area contributed by atoms with Crippen LogP contribution in [0.1, 0.15) is 32.6 Å². The van der Waals surface area contributed by atoms with Gasteiger partial charge in [0, 0.05) is 17.9 Å². The first-order valence-corrected chi connectivity index (χ1v) is 6.93. The monoisotopic (exact) mass is 248 g/mol. The summed E-state index contributed by atoms with van der Waals surface area (Å²) in [6.45, 7) is 5.72. The number of hydrogen-bond donors (Lipinski definition) is 0. The fraction of sp³-hybridized carbons (Fsp3) is 0.733. The van der Waals surface area contributed by atoms with Gasteiger partial charge in [0.25, 0.3) is 0 Å². The summed E-state index contributed by atoms with van der Waals surface area (Å²) in [5, 5.41) is 0. The van der Waals surface area contributed by atoms with Crippen molar-refractivity contribution in [3.63, 3.8) is 0 Å². The standard InChI is InChI=1S/C15H20O3/c1-8(2)15(17)18-4-3-10-9-5-11-12(10)7-14(16)13(11)6-9/h9-13H,1,3-7H2,2H3. The van der Waals surface area contributed by atoms with E-state index in [2.05, 4.69) is 6.58 Å². The predicted molar refractivity (Wildman–Crippen MR) is 66.7 cm³/mol. The van der Waals surface area contributed by atoms with Crippen LogP contribution < -0.4 is 0 Å². The molecule has 0 radical (unpaired) electrons. The van der Waals surface area contributed by atoms with Gasteiger partial charge in [0.2, 0.25) is 0 Å². The fourth-order valence-corrected chi connectivity index (χ4v) is 4.52. The van der Waals surface area contributed by atoms with Gasteiger partial charge in [-0.1, -0.05) is 6.58 Å². The number of carbonyl (C=O) groups is 2. The molecule has 3 saturated carbocycles. The molecule has 5 unspecified atom stereocenters. The highest BCUT2D eigenvalue weighted by Gasteiger charge is 2.58. The van der Waals surface area contributed by atoms with E-state index >= 15 is 0 Å². The van der Waals surface area contributed by atoms with E-state index in [1.54, 1.807) is 6.92 Å². The Hall–Kier alpha value is -1.12. The van der Waals surface area contributed by atoms with Crippen LogP contribution in [0.3, 0.4) is 0 Å². The van der Waals surface area contributed by atoms with Gasteiger partial charge in [0.05, 0.1) is 6.61 Å². The molecular formula is C15H20O3. The lowest BCUT2D eigenvalue weighted by atomic mass is 9.78. The van der Waals surface area contributed by atoms with Crippen LogP contribution in [-0.2, 0) is 14.3 Å². The average molecular weight is 248 g/mol. The second-order valence-corrected chi connectivity index (χ2v) is 6.20. The Kier molecular flexibility index (Phi) is 2.80. The molecular weight excluding hydrogens is 228 g/mol. The van der Waals surface area contributed by atoms with Crippen LogP contribution in [0.25, 0.3) is 0 Å². The Morgan fingerprint density at radius 3 is 2.89 bits per heavy atom. The number of esters is 1. The third-order valence-electron chi connectivity index (χ3n) is 5.24. The summed E-state index contributed by atoms with van der Waals surface area (Å²) in [7, 11) is 0. The number of ether oxygens (including phenoxy) is 1. The molecule has 18 heavy (non-hydrogen) atoms. The maximum Gasteiger partial charge on any atom is 0.333 e. The molecule has 3 fully saturated rings.